The van der Waals surface area contributed by atoms with Crippen LogP contribution in [0.25, 0.3) is 0 Å². The molecule has 2 unspecified atom stereocenters. The van der Waals surface area contributed by atoms with E-state index in [9.17, 15) is 43.2 Å². The Morgan fingerprint density at radius 3 is 1.81 bits per heavy atom. The Morgan fingerprint density at radius 1 is 0.808 bits per heavy atom. The quantitative estimate of drug-likeness (QED) is 0.628. The molecule has 0 radical (unpaired) electrons. The van der Waals surface area contributed by atoms with Crippen LogP contribution < -0.4 is 0 Å². The molecule has 2 rings (SSSR count). The topological polar surface area (TPSA) is 71.5 Å². The second kappa shape index (κ2) is 6.50. The average Bonchev–Trinajstić information content (AvgIpc) is 2.52. The summed E-state index contributed by atoms with van der Waals surface area (Å²) >= 11 is 0. The van der Waals surface area contributed by atoms with Crippen LogP contribution in [0, 0.1) is 11.8 Å². The molecule has 0 N–H and O–H groups in total. The van der Waals surface area contributed by atoms with Crippen molar-refractivity contribution in [3.8, 4) is 0 Å². The number of hydrogen-bond donors (Lipinski definition) is 0. The summed E-state index contributed by atoms with van der Waals surface area (Å²) in [5.41, 5.74) is 0. The molecule has 1 heterocycles. The number of piperidine rings is 1. The summed E-state index contributed by atoms with van der Waals surface area (Å²) in [4.78, 5) is 0. The number of sulfonamides is 1. The summed E-state index contributed by atoms with van der Waals surface area (Å²) in [6.07, 6.45) is 2.71. The highest BCUT2D eigenvalue weighted by molar-refractivity contribution is 7.92. The van der Waals surface area contributed by atoms with Gasteiger partial charge in [0.1, 0.15) is 0 Å². The maximum absolute atomic E-state index is 14.1. The second-order valence-electron chi connectivity index (χ2n) is 6.84. The molecular weight excluding hydrogens is 412 g/mol. The summed E-state index contributed by atoms with van der Waals surface area (Å²) in [7, 11) is -12.2. The highest BCUT2D eigenvalue weighted by Crippen LogP contribution is 2.52. The van der Waals surface area contributed by atoms with E-state index in [0.717, 1.165) is 19.3 Å². The number of sulfone groups is 1. The first-order valence-electron chi connectivity index (χ1n) is 7.90. The molecule has 0 spiro atoms. The van der Waals surface area contributed by atoms with Crippen LogP contribution in [0.5, 0.6) is 0 Å². The summed E-state index contributed by atoms with van der Waals surface area (Å²) < 4.78 is 129. The predicted molar refractivity (Wildman–Crippen MR) is 80.2 cm³/mol. The molecule has 0 bridgehead atoms. The molecule has 2 atom stereocenters. The number of nitrogens with zero attached hydrogens (tertiary/aromatic N) is 1. The number of hydrogen-bond acceptors (Lipinski definition) is 4. The van der Waals surface area contributed by atoms with Crippen LogP contribution in [0.2, 0.25) is 0 Å². The minimum atomic E-state index is -6.63. The van der Waals surface area contributed by atoms with Crippen LogP contribution >= 0.6 is 0 Å². The van der Waals surface area contributed by atoms with Gasteiger partial charge in [0.2, 0.25) is 9.84 Å². The van der Waals surface area contributed by atoms with Gasteiger partial charge in [-0.25, -0.2) is 16.8 Å². The van der Waals surface area contributed by atoms with Crippen molar-refractivity contribution in [2.24, 2.45) is 11.8 Å². The highest BCUT2D eigenvalue weighted by Gasteiger charge is 2.81. The fourth-order valence-electron chi connectivity index (χ4n) is 3.51. The fraction of sp³-hybridized carbons (Fsp3) is 1.00. The molecule has 2 aliphatic rings. The summed E-state index contributed by atoms with van der Waals surface area (Å²) in [5.74, 6) is -6.87. The van der Waals surface area contributed by atoms with E-state index in [2.05, 4.69) is 0 Å². The van der Waals surface area contributed by atoms with Crippen molar-refractivity contribution in [3.63, 3.8) is 0 Å². The predicted octanol–water partition coefficient (Wildman–Crippen LogP) is 2.69. The lowest BCUT2D eigenvalue weighted by Crippen LogP contribution is -2.64. The molecule has 1 saturated carbocycles. The SMILES string of the molecule is CS(=O)(=O)C(F)(F)C(F)(F)C(F)(F)S(=O)(=O)N1CCC2CCCCC2C1. The molecule has 154 valence electrons. The first-order valence-corrected chi connectivity index (χ1v) is 11.2. The van der Waals surface area contributed by atoms with Crippen molar-refractivity contribution in [1.82, 2.24) is 4.31 Å². The van der Waals surface area contributed by atoms with E-state index in [-0.39, 0.29) is 28.8 Å². The van der Waals surface area contributed by atoms with E-state index in [1.54, 1.807) is 0 Å². The third kappa shape index (κ3) is 3.13. The average molecular weight is 431 g/mol. The fourth-order valence-corrected chi connectivity index (χ4v) is 5.68. The van der Waals surface area contributed by atoms with Crippen LogP contribution in [0.1, 0.15) is 32.1 Å². The lowest BCUT2D eigenvalue weighted by Gasteiger charge is -2.42. The molecule has 0 aromatic rings. The van der Waals surface area contributed by atoms with Crippen LogP contribution in [0.4, 0.5) is 26.3 Å². The lowest BCUT2D eigenvalue weighted by atomic mass is 9.76. The van der Waals surface area contributed by atoms with Gasteiger partial charge in [0.15, 0.2) is 0 Å². The smallest absolute Gasteiger partial charge is 0.223 e. The third-order valence-electron chi connectivity index (χ3n) is 5.11. The van der Waals surface area contributed by atoms with Crippen molar-refractivity contribution in [2.75, 3.05) is 19.3 Å². The molecule has 2 fully saturated rings. The summed E-state index contributed by atoms with van der Waals surface area (Å²) in [6.45, 7) is -0.970. The molecule has 1 saturated heterocycles. The van der Waals surface area contributed by atoms with Crippen molar-refractivity contribution < 1.29 is 43.2 Å². The maximum Gasteiger partial charge on any atom is 0.428 e. The first-order chi connectivity index (χ1) is 11.6. The van der Waals surface area contributed by atoms with Gasteiger partial charge in [0.05, 0.1) is 0 Å². The Bertz CT molecular complexity index is 753. The van der Waals surface area contributed by atoms with Crippen LogP contribution in [0.15, 0.2) is 0 Å². The zero-order valence-electron chi connectivity index (χ0n) is 13.8. The highest BCUT2D eigenvalue weighted by atomic mass is 32.2. The summed E-state index contributed by atoms with van der Waals surface area (Å²) in [6, 6.07) is 0. The minimum Gasteiger partial charge on any atom is -0.223 e. The molecule has 1 aliphatic carbocycles. The van der Waals surface area contributed by atoms with Crippen LogP contribution in [-0.2, 0) is 19.9 Å². The van der Waals surface area contributed by atoms with Gasteiger partial charge in [-0.2, -0.15) is 30.6 Å². The Hall–Kier alpha value is -0.560. The number of fused-ring (bicyclic) bond motifs is 1. The van der Waals surface area contributed by atoms with Crippen LogP contribution in [-0.4, -0.2) is 56.9 Å². The van der Waals surface area contributed by atoms with Gasteiger partial charge in [-0.3, -0.25) is 0 Å². The van der Waals surface area contributed by atoms with E-state index in [1.807, 2.05) is 0 Å². The molecular formula is C13H19F6NO4S2. The summed E-state index contributed by atoms with van der Waals surface area (Å²) in [5, 5.41) is -12.5. The van der Waals surface area contributed by atoms with Crippen molar-refractivity contribution >= 4 is 19.9 Å². The van der Waals surface area contributed by atoms with Crippen molar-refractivity contribution in [1.29, 1.82) is 0 Å². The monoisotopic (exact) mass is 431 g/mol. The third-order valence-corrected chi connectivity index (χ3v) is 8.22. The zero-order valence-corrected chi connectivity index (χ0v) is 15.4. The second-order valence-corrected chi connectivity index (χ2v) is 10.9. The molecule has 1 aliphatic heterocycles. The normalized spacial score (nSPS) is 27.2. The molecule has 0 aromatic heterocycles. The number of alkyl halides is 6. The minimum absolute atomic E-state index is 0.0711. The van der Waals surface area contributed by atoms with E-state index < -0.39 is 49.4 Å². The van der Waals surface area contributed by atoms with E-state index in [4.69, 9.17) is 0 Å². The standard InChI is InChI=1S/C13H19F6NO4S2/c1-25(21,22)12(16,17)11(14,15)13(18,19)26(23,24)20-7-6-9-4-2-3-5-10(9)8-20/h9-10H,2-8H2,1H3. The number of halogens is 6. The molecule has 13 heteroatoms. The van der Waals surface area contributed by atoms with Gasteiger partial charge in [0.25, 0.3) is 10.0 Å². The molecule has 0 amide bonds. The van der Waals surface area contributed by atoms with Gasteiger partial charge in [0, 0.05) is 19.3 Å². The van der Waals surface area contributed by atoms with Gasteiger partial charge in [-0.15, -0.1) is 0 Å². The van der Waals surface area contributed by atoms with Gasteiger partial charge in [-0.05, 0) is 24.7 Å². The van der Waals surface area contributed by atoms with E-state index >= 15 is 0 Å². The van der Waals surface area contributed by atoms with Gasteiger partial charge < -0.3 is 0 Å². The zero-order chi connectivity index (χ0) is 20.2. The maximum atomic E-state index is 14.1. The molecule has 26 heavy (non-hydrogen) atoms. The Morgan fingerprint density at radius 2 is 1.31 bits per heavy atom. The van der Waals surface area contributed by atoms with E-state index in [1.165, 1.54) is 0 Å². The van der Waals surface area contributed by atoms with E-state index in [0.29, 0.717) is 6.42 Å². The number of rotatable bonds is 5. The largest absolute Gasteiger partial charge is 0.428 e. The van der Waals surface area contributed by atoms with Crippen molar-refractivity contribution in [2.45, 2.75) is 48.5 Å². The molecule has 0 aromatic carbocycles. The Balaban J connectivity index is 2.37. The lowest BCUT2D eigenvalue weighted by molar-refractivity contribution is -0.245. The van der Waals surface area contributed by atoms with Crippen molar-refractivity contribution in [3.05, 3.63) is 0 Å². The van der Waals surface area contributed by atoms with Gasteiger partial charge >= 0.3 is 16.4 Å². The molecule has 5 nitrogen and oxygen atoms in total. The van der Waals surface area contributed by atoms with Crippen LogP contribution in [0.3, 0.4) is 0 Å². The van der Waals surface area contributed by atoms with Gasteiger partial charge in [-0.1, -0.05) is 19.3 Å². The Kier molecular flexibility index (Phi) is 5.44. The Labute approximate surface area is 147 Å². The first kappa shape index (κ1) is 21.7.